The van der Waals surface area contributed by atoms with Crippen LogP contribution in [0.1, 0.15) is 6.92 Å². The van der Waals surface area contributed by atoms with Gasteiger partial charge in [0.2, 0.25) is 5.95 Å². The highest BCUT2D eigenvalue weighted by Crippen LogP contribution is 2.36. The average molecular weight is 276 g/mol. The largest absolute Gasteiger partial charge is 0.493 e. The van der Waals surface area contributed by atoms with Gasteiger partial charge in [0, 0.05) is 0 Å². The molecular formula is C13H16N4O3. The second-order valence-corrected chi connectivity index (χ2v) is 3.77. The first-order valence-electron chi connectivity index (χ1n) is 6.05. The van der Waals surface area contributed by atoms with Crippen molar-refractivity contribution >= 4 is 5.95 Å². The van der Waals surface area contributed by atoms with Crippen molar-refractivity contribution < 1.29 is 14.2 Å². The van der Waals surface area contributed by atoms with E-state index in [9.17, 15) is 0 Å². The zero-order valence-corrected chi connectivity index (χ0v) is 11.6. The Hall–Kier alpha value is -2.57. The van der Waals surface area contributed by atoms with Crippen LogP contribution in [0.5, 0.6) is 17.5 Å². The van der Waals surface area contributed by atoms with Crippen LogP contribution in [0.4, 0.5) is 5.95 Å². The Morgan fingerprint density at radius 2 is 1.90 bits per heavy atom. The predicted molar refractivity (Wildman–Crippen MR) is 73.9 cm³/mol. The molecule has 0 aliphatic carbocycles. The first-order chi connectivity index (χ1) is 9.69. The van der Waals surface area contributed by atoms with Crippen LogP contribution < -0.4 is 19.9 Å². The lowest BCUT2D eigenvalue weighted by Gasteiger charge is -2.12. The molecule has 2 aromatic rings. The smallest absolute Gasteiger partial charge is 0.321 e. The van der Waals surface area contributed by atoms with Gasteiger partial charge in [0.05, 0.1) is 26.4 Å². The van der Waals surface area contributed by atoms with Gasteiger partial charge in [-0.05, 0) is 19.1 Å². The molecule has 2 N–H and O–H groups in total. The first kappa shape index (κ1) is 13.9. The molecule has 0 spiro atoms. The Bertz CT molecular complexity index is 604. The molecule has 7 heteroatoms. The fraction of sp³-hybridized carbons (Fsp3) is 0.308. The molecule has 0 unspecified atom stereocenters. The first-order valence-corrected chi connectivity index (χ1v) is 6.05. The maximum atomic E-state index is 5.67. The van der Waals surface area contributed by atoms with E-state index >= 15 is 0 Å². The van der Waals surface area contributed by atoms with Gasteiger partial charge in [-0.15, -0.1) is 0 Å². The SMILES string of the molecule is CCOc1nc(N)nc(-c2cccc(OC)c2OC)n1. The average Bonchev–Trinajstić information content (AvgIpc) is 2.46. The third-order valence-electron chi connectivity index (χ3n) is 2.55. The summed E-state index contributed by atoms with van der Waals surface area (Å²) in [5.41, 5.74) is 6.33. The molecule has 20 heavy (non-hydrogen) atoms. The molecule has 2 rings (SSSR count). The van der Waals surface area contributed by atoms with Crippen LogP contribution in [0.15, 0.2) is 18.2 Å². The van der Waals surface area contributed by atoms with E-state index in [1.54, 1.807) is 20.3 Å². The topological polar surface area (TPSA) is 92.4 Å². The van der Waals surface area contributed by atoms with Crippen LogP contribution in [-0.2, 0) is 0 Å². The Labute approximate surface area is 116 Å². The highest BCUT2D eigenvalue weighted by molar-refractivity contribution is 5.69. The quantitative estimate of drug-likeness (QED) is 0.885. The van der Waals surface area contributed by atoms with Crippen LogP contribution in [0.3, 0.4) is 0 Å². The van der Waals surface area contributed by atoms with Crippen LogP contribution in [0.2, 0.25) is 0 Å². The van der Waals surface area contributed by atoms with Crippen molar-refractivity contribution in [3.05, 3.63) is 18.2 Å². The number of rotatable bonds is 5. The zero-order valence-electron chi connectivity index (χ0n) is 11.6. The van der Waals surface area contributed by atoms with E-state index in [2.05, 4.69) is 15.0 Å². The molecule has 0 aliphatic heterocycles. The molecule has 0 aliphatic rings. The van der Waals surface area contributed by atoms with E-state index in [4.69, 9.17) is 19.9 Å². The van der Waals surface area contributed by atoms with Gasteiger partial charge >= 0.3 is 6.01 Å². The number of ether oxygens (including phenoxy) is 3. The van der Waals surface area contributed by atoms with E-state index in [1.807, 2.05) is 19.1 Å². The molecule has 1 aromatic heterocycles. The number of nitrogens with zero attached hydrogens (tertiary/aromatic N) is 3. The van der Waals surface area contributed by atoms with Crippen molar-refractivity contribution in [2.75, 3.05) is 26.6 Å². The fourth-order valence-corrected chi connectivity index (χ4v) is 1.75. The number of aromatic nitrogens is 3. The molecular weight excluding hydrogens is 260 g/mol. The van der Waals surface area contributed by atoms with Gasteiger partial charge in [-0.1, -0.05) is 6.07 Å². The van der Waals surface area contributed by atoms with Crippen LogP contribution in [0, 0.1) is 0 Å². The molecule has 0 bridgehead atoms. The van der Waals surface area contributed by atoms with Gasteiger partial charge in [-0.2, -0.15) is 15.0 Å². The molecule has 0 saturated heterocycles. The van der Waals surface area contributed by atoms with Crippen molar-refractivity contribution in [3.63, 3.8) is 0 Å². The lowest BCUT2D eigenvalue weighted by molar-refractivity contribution is 0.312. The van der Waals surface area contributed by atoms with E-state index in [0.717, 1.165) is 0 Å². The predicted octanol–water partition coefficient (Wildman–Crippen LogP) is 1.54. The number of nitrogen functional groups attached to an aromatic ring is 1. The summed E-state index contributed by atoms with van der Waals surface area (Å²) >= 11 is 0. The Kier molecular flexibility index (Phi) is 4.19. The third-order valence-corrected chi connectivity index (χ3v) is 2.55. The van der Waals surface area contributed by atoms with Gasteiger partial charge in [-0.3, -0.25) is 0 Å². The molecule has 0 radical (unpaired) electrons. The normalized spacial score (nSPS) is 10.2. The number of nitrogens with two attached hydrogens (primary N) is 1. The molecule has 1 heterocycles. The van der Waals surface area contributed by atoms with Crippen molar-refractivity contribution in [2.45, 2.75) is 6.92 Å². The van der Waals surface area contributed by atoms with Crippen molar-refractivity contribution in [2.24, 2.45) is 0 Å². The summed E-state index contributed by atoms with van der Waals surface area (Å²) < 4.78 is 15.9. The number of benzene rings is 1. The second-order valence-electron chi connectivity index (χ2n) is 3.77. The minimum atomic E-state index is 0.0864. The van der Waals surface area contributed by atoms with E-state index in [0.29, 0.717) is 29.5 Å². The van der Waals surface area contributed by atoms with Gasteiger partial charge in [0.25, 0.3) is 0 Å². The highest BCUT2D eigenvalue weighted by atomic mass is 16.5. The minimum absolute atomic E-state index is 0.0864. The Balaban J connectivity index is 2.56. The van der Waals surface area contributed by atoms with Crippen LogP contribution in [0.25, 0.3) is 11.4 Å². The summed E-state index contributed by atoms with van der Waals surface area (Å²) in [4.78, 5) is 12.2. The molecule has 0 fully saturated rings. The monoisotopic (exact) mass is 276 g/mol. The molecule has 7 nitrogen and oxygen atoms in total. The van der Waals surface area contributed by atoms with Crippen molar-refractivity contribution in [1.82, 2.24) is 15.0 Å². The Morgan fingerprint density at radius 3 is 2.55 bits per heavy atom. The van der Waals surface area contributed by atoms with Gasteiger partial charge in [0.15, 0.2) is 17.3 Å². The third kappa shape index (κ3) is 2.71. The molecule has 0 amide bonds. The second kappa shape index (κ2) is 6.05. The lowest BCUT2D eigenvalue weighted by atomic mass is 10.1. The summed E-state index contributed by atoms with van der Waals surface area (Å²) in [5, 5.41) is 0. The van der Waals surface area contributed by atoms with E-state index in [-0.39, 0.29) is 12.0 Å². The summed E-state index contributed by atoms with van der Waals surface area (Å²) in [5.74, 6) is 1.57. The molecule has 0 atom stereocenters. The summed E-state index contributed by atoms with van der Waals surface area (Å²) in [6, 6.07) is 5.60. The number of para-hydroxylation sites is 1. The van der Waals surface area contributed by atoms with E-state index < -0.39 is 0 Å². The minimum Gasteiger partial charge on any atom is -0.493 e. The Morgan fingerprint density at radius 1 is 1.10 bits per heavy atom. The number of anilines is 1. The molecule has 106 valence electrons. The summed E-state index contributed by atoms with van der Waals surface area (Å²) in [7, 11) is 3.12. The van der Waals surface area contributed by atoms with E-state index in [1.165, 1.54) is 0 Å². The number of hydrogen-bond acceptors (Lipinski definition) is 7. The van der Waals surface area contributed by atoms with Gasteiger partial charge in [-0.25, -0.2) is 0 Å². The maximum Gasteiger partial charge on any atom is 0.321 e. The lowest BCUT2D eigenvalue weighted by Crippen LogP contribution is -2.05. The fourth-order valence-electron chi connectivity index (χ4n) is 1.75. The number of methoxy groups -OCH3 is 2. The summed E-state index contributed by atoms with van der Waals surface area (Å²) in [6.07, 6.45) is 0. The molecule has 0 saturated carbocycles. The molecule has 1 aromatic carbocycles. The van der Waals surface area contributed by atoms with Gasteiger partial charge < -0.3 is 19.9 Å². The van der Waals surface area contributed by atoms with Gasteiger partial charge in [0.1, 0.15) is 0 Å². The summed E-state index contributed by atoms with van der Waals surface area (Å²) in [6.45, 7) is 2.28. The number of hydrogen-bond donors (Lipinski definition) is 1. The van der Waals surface area contributed by atoms with Crippen molar-refractivity contribution in [1.29, 1.82) is 0 Å². The van der Waals surface area contributed by atoms with Crippen LogP contribution >= 0.6 is 0 Å². The standard InChI is InChI=1S/C13H16N4O3/c1-4-20-13-16-11(15-12(14)17-13)8-6-5-7-9(18-2)10(8)19-3/h5-7H,4H2,1-3H3,(H2,14,15,16,17). The van der Waals surface area contributed by atoms with Crippen LogP contribution in [-0.4, -0.2) is 35.8 Å². The van der Waals surface area contributed by atoms with Crippen molar-refractivity contribution in [3.8, 4) is 28.9 Å². The maximum absolute atomic E-state index is 5.67. The highest BCUT2D eigenvalue weighted by Gasteiger charge is 2.15. The zero-order chi connectivity index (χ0) is 14.5.